The van der Waals surface area contributed by atoms with Crippen molar-refractivity contribution in [2.75, 3.05) is 13.1 Å². The largest absolute Gasteiger partial charge is 0.481 e. The number of nitrogens with two attached hydrogens (primary N) is 1. The second-order valence-electron chi connectivity index (χ2n) is 3.60. The molecule has 7 heteroatoms. The third kappa shape index (κ3) is 12.1. The molecule has 3 amide bonds. The summed E-state index contributed by atoms with van der Waals surface area (Å²) < 4.78 is 0. The Morgan fingerprint density at radius 1 is 0.941 bits per heavy atom. The Bertz CT molecular complexity index is 268. The molecule has 17 heavy (non-hydrogen) atoms. The van der Waals surface area contributed by atoms with Gasteiger partial charge in [-0.15, -0.1) is 0 Å². The maximum Gasteiger partial charge on any atom is 0.314 e. The summed E-state index contributed by atoms with van der Waals surface area (Å²) in [6, 6.07) is -0.315. The lowest BCUT2D eigenvalue weighted by Crippen LogP contribution is -2.36. The fourth-order valence-electron chi connectivity index (χ4n) is 1.13. The molecule has 0 saturated heterocycles. The predicted molar refractivity (Wildman–Crippen MR) is 61.3 cm³/mol. The highest BCUT2D eigenvalue weighted by molar-refractivity contribution is 5.74. The number of nitrogens with one attached hydrogen (secondary N) is 2. The molecule has 0 spiro atoms. The molecule has 0 aliphatic carbocycles. The molecule has 0 bridgehead atoms. The molecule has 0 saturated carbocycles. The monoisotopic (exact) mass is 245 g/mol. The van der Waals surface area contributed by atoms with Crippen LogP contribution >= 0.6 is 0 Å². The average Bonchev–Trinajstić information content (AvgIpc) is 2.23. The van der Waals surface area contributed by atoms with Crippen LogP contribution in [-0.4, -0.2) is 36.1 Å². The van der Waals surface area contributed by atoms with Gasteiger partial charge in [0, 0.05) is 25.9 Å². The van der Waals surface area contributed by atoms with Gasteiger partial charge in [0.05, 0.1) is 0 Å². The molecule has 0 radical (unpaired) electrons. The Morgan fingerprint density at radius 2 is 1.53 bits per heavy atom. The van der Waals surface area contributed by atoms with Gasteiger partial charge in [0.25, 0.3) is 0 Å². The van der Waals surface area contributed by atoms with Gasteiger partial charge in [-0.3, -0.25) is 9.59 Å². The SMILES string of the molecule is NC(=O)CCCNC(=O)NCCCCC(=O)O. The van der Waals surface area contributed by atoms with Gasteiger partial charge < -0.3 is 21.5 Å². The van der Waals surface area contributed by atoms with Crippen LogP contribution in [0.5, 0.6) is 0 Å². The van der Waals surface area contributed by atoms with Crippen LogP contribution in [0.4, 0.5) is 4.79 Å². The van der Waals surface area contributed by atoms with Crippen molar-refractivity contribution in [1.29, 1.82) is 0 Å². The molecule has 0 aliphatic heterocycles. The lowest BCUT2D eigenvalue weighted by Gasteiger charge is -2.06. The molecular weight excluding hydrogens is 226 g/mol. The number of carboxylic acids is 1. The predicted octanol–water partition coefficient (Wildman–Crippen LogP) is -0.194. The van der Waals surface area contributed by atoms with Crippen LogP contribution in [0.15, 0.2) is 0 Å². The fourth-order valence-corrected chi connectivity index (χ4v) is 1.13. The number of hydrogen-bond acceptors (Lipinski definition) is 3. The highest BCUT2D eigenvalue weighted by Gasteiger charge is 2.00. The van der Waals surface area contributed by atoms with E-state index in [0.29, 0.717) is 32.4 Å². The summed E-state index contributed by atoms with van der Waals surface area (Å²) in [5.41, 5.74) is 4.93. The topological polar surface area (TPSA) is 122 Å². The number of primary amides is 1. The van der Waals surface area contributed by atoms with Gasteiger partial charge in [0.1, 0.15) is 0 Å². The van der Waals surface area contributed by atoms with Crippen LogP contribution in [0, 0.1) is 0 Å². The van der Waals surface area contributed by atoms with Crippen LogP contribution in [-0.2, 0) is 9.59 Å². The minimum Gasteiger partial charge on any atom is -0.481 e. The lowest BCUT2D eigenvalue weighted by atomic mass is 10.2. The number of urea groups is 1. The van der Waals surface area contributed by atoms with Crippen molar-refractivity contribution in [2.45, 2.75) is 32.1 Å². The molecule has 0 rings (SSSR count). The molecule has 7 nitrogen and oxygen atoms in total. The van der Waals surface area contributed by atoms with Crippen molar-refractivity contribution < 1.29 is 19.5 Å². The first-order valence-corrected chi connectivity index (χ1v) is 5.54. The van der Waals surface area contributed by atoms with E-state index in [1.807, 2.05) is 0 Å². The Morgan fingerprint density at radius 3 is 2.06 bits per heavy atom. The summed E-state index contributed by atoms with van der Waals surface area (Å²) in [4.78, 5) is 31.7. The van der Waals surface area contributed by atoms with Crippen molar-refractivity contribution in [3.63, 3.8) is 0 Å². The Balaban J connectivity index is 3.29. The van der Waals surface area contributed by atoms with E-state index in [0.717, 1.165) is 0 Å². The quantitative estimate of drug-likeness (QED) is 0.420. The number of rotatable bonds is 9. The first kappa shape index (κ1) is 15.2. The van der Waals surface area contributed by atoms with E-state index in [4.69, 9.17) is 10.8 Å². The molecule has 0 aromatic carbocycles. The van der Waals surface area contributed by atoms with Gasteiger partial charge in [-0.1, -0.05) is 0 Å². The molecule has 98 valence electrons. The van der Waals surface area contributed by atoms with E-state index in [1.165, 1.54) is 0 Å². The summed E-state index contributed by atoms with van der Waals surface area (Å²) in [5.74, 6) is -1.22. The number of unbranched alkanes of at least 4 members (excludes halogenated alkanes) is 1. The summed E-state index contributed by atoms with van der Waals surface area (Å²) in [5, 5.41) is 13.5. The van der Waals surface area contributed by atoms with E-state index in [-0.39, 0.29) is 24.8 Å². The standard InChI is InChI=1S/C10H19N3O4/c11-8(14)4-3-7-13-10(17)12-6-2-1-5-9(15)16/h1-7H2,(H2,11,14)(H,15,16)(H2,12,13,17). The smallest absolute Gasteiger partial charge is 0.314 e. The Labute approximate surface area is 99.7 Å². The van der Waals surface area contributed by atoms with Crippen molar-refractivity contribution >= 4 is 17.9 Å². The summed E-state index contributed by atoms with van der Waals surface area (Å²) in [6.07, 6.45) is 2.04. The second kappa shape index (κ2) is 9.44. The third-order valence-electron chi connectivity index (χ3n) is 1.99. The summed E-state index contributed by atoms with van der Waals surface area (Å²) in [7, 11) is 0. The van der Waals surface area contributed by atoms with Crippen LogP contribution in [0.25, 0.3) is 0 Å². The van der Waals surface area contributed by atoms with Gasteiger partial charge in [-0.25, -0.2) is 4.79 Å². The van der Waals surface area contributed by atoms with Gasteiger partial charge in [0.2, 0.25) is 5.91 Å². The molecule has 0 aromatic heterocycles. The number of aliphatic carboxylic acids is 1. The molecular formula is C10H19N3O4. The summed E-state index contributed by atoms with van der Waals surface area (Å²) in [6.45, 7) is 0.832. The Hall–Kier alpha value is -1.79. The number of carboxylic acid groups (broad SMARTS) is 1. The first-order chi connectivity index (χ1) is 8.02. The maximum absolute atomic E-state index is 11.1. The van der Waals surface area contributed by atoms with E-state index < -0.39 is 5.97 Å². The minimum atomic E-state index is -0.832. The van der Waals surface area contributed by atoms with Crippen LogP contribution < -0.4 is 16.4 Å². The summed E-state index contributed by atoms with van der Waals surface area (Å²) >= 11 is 0. The zero-order valence-electron chi connectivity index (χ0n) is 9.70. The average molecular weight is 245 g/mol. The van der Waals surface area contributed by atoms with Crippen LogP contribution in [0.2, 0.25) is 0 Å². The van der Waals surface area contributed by atoms with Crippen molar-refractivity contribution in [1.82, 2.24) is 10.6 Å². The van der Waals surface area contributed by atoms with E-state index in [2.05, 4.69) is 10.6 Å². The second-order valence-corrected chi connectivity index (χ2v) is 3.60. The van der Waals surface area contributed by atoms with Gasteiger partial charge in [0.15, 0.2) is 0 Å². The van der Waals surface area contributed by atoms with E-state index >= 15 is 0 Å². The minimum absolute atomic E-state index is 0.113. The molecule has 5 N–H and O–H groups in total. The van der Waals surface area contributed by atoms with Gasteiger partial charge >= 0.3 is 12.0 Å². The van der Waals surface area contributed by atoms with Crippen molar-refractivity contribution in [2.24, 2.45) is 5.73 Å². The number of hydrogen-bond donors (Lipinski definition) is 4. The van der Waals surface area contributed by atoms with Crippen molar-refractivity contribution in [3.05, 3.63) is 0 Å². The van der Waals surface area contributed by atoms with Gasteiger partial charge in [-0.05, 0) is 19.3 Å². The molecule has 0 aromatic rings. The maximum atomic E-state index is 11.1. The van der Waals surface area contributed by atoms with Crippen LogP contribution in [0.3, 0.4) is 0 Å². The lowest BCUT2D eigenvalue weighted by molar-refractivity contribution is -0.137. The molecule has 0 aliphatic rings. The fraction of sp³-hybridized carbons (Fsp3) is 0.700. The van der Waals surface area contributed by atoms with E-state index in [1.54, 1.807) is 0 Å². The molecule has 0 atom stereocenters. The molecule has 0 fully saturated rings. The third-order valence-corrected chi connectivity index (χ3v) is 1.99. The number of carbonyl (C=O) groups is 3. The molecule has 0 heterocycles. The van der Waals surface area contributed by atoms with Gasteiger partial charge in [-0.2, -0.15) is 0 Å². The zero-order chi connectivity index (χ0) is 13.1. The van der Waals surface area contributed by atoms with Crippen LogP contribution in [0.1, 0.15) is 32.1 Å². The highest BCUT2D eigenvalue weighted by atomic mass is 16.4. The number of amides is 3. The first-order valence-electron chi connectivity index (χ1n) is 5.54. The number of carbonyl (C=O) groups excluding carboxylic acids is 2. The van der Waals surface area contributed by atoms with E-state index in [9.17, 15) is 14.4 Å². The zero-order valence-corrected chi connectivity index (χ0v) is 9.70. The highest BCUT2D eigenvalue weighted by Crippen LogP contribution is 1.93. The van der Waals surface area contributed by atoms with Crippen molar-refractivity contribution in [3.8, 4) is 0 Å². The Kier molecular flexibility index (Phi) is 8.44. The molecule has 0 unspecified atom stereocenters. The normalized spacial score (nSPS) is 9.65.